The predicted molar refractivity (Wildman–Crippen MR) is 117 cm³/mol. The second-order valence-electron chi connectivity index (χ2n) is 7.22. The van der Waals surface area contributed by atoms with Crippen molar-refractivity contribution >= 4 is 38.6 Å². The van der Waals surface area contributed by atoms with Crippen LogP contribution in [0.25, 0.3) is 10.2 Å². The number of thiazole rings is 1. The van der Waals surface area contributed by atoms with E-state index in [-0.39, 0.29) is 11.5 Å². The second-order valence-corrected chi connectivity index (χ2v) is 8.23. The predicted octanol–water partition coefficient (Wildman–Crippen LogP) is 3.91. The molecule has 0 unspecified atom stereocenters. The lowest BCUT2D eigenvalue weighted by Crippen LogP contribution is -2.37. The van der Waals surface area contributed by atoms with E-state index in [1.54, 1.807) is 29.2 Å². The van der Waals surface area contributed by atoms with Crippen LogP contribution in [0.3, 0.4) is 0 Å². The first-order chi connectivity index (χ1) is 13.8. The third kappa shape index (κ3) is 4.46. The van der Waals surface area contributed by atoms with Crippen molar-refractivity contribution < 1.29 is 14.3 Å². The number of carbonyl (C=O) groups is 2. The van der Waals surface area contributed by atoms with Gasteiger partial charge in [0.15, 0.2) is 5.13 Å². The van der Waals surface area contributed by atoms with E-state index in [0.29, 0.717) is 23.8 Å². The van der Waals surface area contributed by atoms with Crippen LogP contribution in [-0.4, -0.2) is 56.1 Å². The van der Waals surface area contributed by atoms with Gasteiger partial charge in [0, 0.05) is 13.1 Å². The first kappa shape index (κ1) is 21.0. The molecular formula is C22H25N3O3S. The molecule has 3 aromatic rings. The third-order valence-electron chi connectivity index (χ3n) is 4.63. The van der Waals surface area contributed by atoms with Crippen LogP contribution in [-0.2, 0) is 4.74 Å². The molecule has 0 aliphatic rings. The number of anilines is 1. The molecule has 0 aliphatic carbocycles. The Balaban J connectivity index is 2.08. The summed E-state index contributed by atoms with van der Waals surface area (Å²) in [7, 11) is 5.22. The fraction of sp³-hybridized carbons (Fsp3) is 0.318. The lowest BCUT2D eigenvalue weighted by atomic mass is 10.1. The van der Waals surface area contributed by atoms with Crippen LogP contribution >= 0.6 is 11.3 Å². The Bertz CT molecular complexity index is 1060. The molecule has 0 saturated heterocycles. The number of methoxy groups -OCH3 is 1. The standard InChI is InChI=1S/C22H25N3O3S/c1-14-12-15(2)19-18(13-14)29-22(23-19)25(11-10-24(3)4)20(26)16-8-6-7-9-17(16)21(27)28-5/h6-9,12-13H,10-11H2,1-5H3. The Labute approximate surface area is 174 Å². The number of aromatic nitrogens is 1. The highest BCUT2D eigenvalue weighted by molar-refractivity contribution is 7.22. The molecule has 29 heavy (non-hydrogen) atoms. The largest absolute Gasteiger partial charge is 0.465 e. The van der Waals surface area contributed by atoms with E-state index < -0.39 is 5.97 Å². The fourth-order valence-electron chi connectivity index (χ4n) is 3.16. The van der Waals surface area contributed by atoms with E-state index in [4.69, 9.17) is 9.72 Å². The van der Waals surface area contributed by atoms with Crippen LogP contribution in [0.4, 0.5) is 5.13 Å². The number of nitrogens with zero attached hydrogens (tertiary/aromatic N) is 3. The molecule has 0 aliphatic heterocycles. The molecule has 3 rings (SSSR count). The van der Waals surface area contributed by atoms with Crippen LogP contribution in [0.2, 0.25) is 0 Å². The lowest BCUT2D eigenvalue weighted by Gasteiger charge is -2.22. The van der Waals surface area contributed by atoms with E-state index in [0.717, 1.165) is 21.3 Å². The maximum atomic E-state index is 13.5. The minimum absolute atomic E-state index is 0.253. The van der Waals surface area contributed by atoms with Gasteiger partial charge in [0.1, 0.15) is 0 Å². The summed E-state index contributed by atoms with van der Waals surface area (Å²) in [6, 6.07) is 10.9. The highest BCUT2D eigenvalue weighted by Gasteiger charge is 2.26. The Morgan fingerprint density at radius 3 is 2.41 bits per heavy atom. The number of carbonyl (C=O) groups excluding carboxylic acids is 2. The zero-order valence-corrected chi connectivity index (χ0v) is 18.2. The van der Waals surface area contributed by atoms with Crippen LogP contribution in [0.15, 0.2) is 36.4 Å². The number of hydrogen-bond acceptors (Lipinski definition) is 6. The Morgan fingerprint density at radius 1 is 1.07 bits per heavy atom. The van der Waals surface area contributed by atoms with Gasteiger partial charge >= 0.3 is 5.97 Å². The van der Waals surface area contributed by atoms with E-state index in [2.05, 4.69) is 12.1 Å². The summed E-state index contributed by atoms with van der Waals surface area (Å²) in [4.78, 5) is 34.1. The summed E-state index contributed by atoms with van der Waals surface area (Å²) in [5, 5.41) is 0.625. The number of amides is 1. The number of esters is 1. The molecule has 2 aromatic carbocycles. The van der Waals surface area contributed by atoms with Crippen LogP contribution in [0, 0.1) is 13.8 Å². The Kier molecular flexibility index (Phi) is 6.30. The van der Waals surface area contributed by atoms with Crippen molar-refractivity contribution in [3.8, 4) is 0 Å². The zero-order chi connectivity index (χ0) is 21.1. The normalized spacial score (nSPS) is 11.1. The van der Waals surface area contributed by atoms with Crippen molar-refractivity contribution in [2.75, 3.05) is 39.2 Å². The average molecular weight is 412 g/mol. The summed E-state index contributed by atoms with van der Waals surface area (Å²) in [6.45, 7) is 5.20. The number of hydrogen-bond donors (Lipinski definition) is 0. The van der Waals surface area contributed by atoms with Crippen LogP contribution < -0.4 is 4.90 Å². The van der Waals surface area contributed by atoms with Crippen molar-refractivity contribution in [1.82, 2.24) is 9.88 Å². The van der Waals surface area contributed by atoms with Crippen molar-refractivity contribution in [3.63, 3.8) is 0 Å². The van der Waals surface area contributed by atoms with E-state index >= 15 is 0 Å². The number of rotatable bonds is 6. The van der Waals surface area contributed by atoms with Gasteiger partial charge in [0.2, 0.25) is 0 Å². The van der Waals surface area contributed by atoms with Gasteiger partial charge in [0.25, 0.3) is 5.91 Å². The molecule has 152 valence electrons. The molecule has 0 bridgehead atoms. The van der Waals surface area contributed by atoms with Crippen molar-refractivity contribution in [1.29, 1.82) is 0 Å². The summed E-state index contributed by atoms with van der Waals surface area (Å²) in [6.07, 6.45) is 0. The quantitative estimate of drug-likeness (QED) is 0.576. The highest BCUT2D eigenvalue weighted by Crippen LogP contribution is 2.32. The van der Waals surface area contributed by atoms with Gasteiger partial charge in [-0.1, -0.05) is 29.5 Å². The maximum absolute atomic E-state index is 13.5. The van der Waals surface area contributed by atoms with Gasteiger partial charge in [-0.25, -0.2) is 9.78 Å². The van der Waals surface area contributed by atoms with Crippen molar-refractivity contribution in [2.24, 2.45) is 0 Å². The molecular weight excluding hydrogens is 386 g/mol. The first-order valence-corrected chi connectivity index (χ1v) is 10.1. The minimum atomic E-state index is -0.530. The molecule has 1 amide bonds. The molecule has 0 radical (unpaired) electrons. The SMILES string of the molecule is COC(=O)c1ccccc1C(=O)N(CCN(C)C)c1nc2c(C)cc(C)cc2s1. The Hall–Kier alpha value is -2.77. The molecule has 0 N–H and O–H groups in total. The molecule has 1 aromatic heterocycles. The maximum Gasteiger partial charge on any atom is 0.338 e. The highest BCUT2D eigenvalue weighted by atomic mass is 32.1. The van der Waals surface area contributed by atoms with E-state index in [1.165, 1.54) is 18.4 Å². The number of likely N-dealkylation sites (N-methyl/N-ethyl adjacent to an activating group) is 1. The monoisotopic (exact) mass is 411 g/mol. The van der Waals surface area contributed by atoms with Crippen molar-refractivity contribution in [3.05, 3.63) is 58.7 Å². The minimum Gasteiger partial charge on any atom is -0.465 e. The molecule has 7 heteroatoms. The second kappa shape index (κ2) is 8.71. The van der Waals surface area contributed by atoms with Gasteiger partial charge in [-0.05, 0) is 57.3 Å². The number of benzene rings is 2. The number of aryl methyl sites for hydroxylation is 2. The molecule has 1 heterocycles. The van der Waals surface area contributed by atoms with Crippen LogP contribution in [0.1, 0.15) is 31.8 Å². The molecule has 0 saturated carbocycles. The molecule has 0 spiro atoms. The summed E-state index contributed by atoms with van der Waals surface area (Å²) in [5.41, 5.74) is 3.71. The summed E-state index contributed by atoms with van der Waals surface area (Å²) >= 11 is 1.49. The summed E-state index contributed by atoms with van der Waals surface area (Å²) in [5.74, 6) is -0.793. The number of ether oxygens (including phenoxy) is 1. The van der Waals surface area contributed by atoms with Crippen LogP contribution in [0.5, 0.6) is 0 Å². The molecule has 0 atom stereocenters. The molecule has 0 fully saturated rings. The van der Waals surface area contributed by atoms with Crippen molar-refractivity contribution in [2.45, 2.75) is 13.8 Å². The lowest BCUT2D eigenvalue weighted by molar-refractivity contribution is 0.0597. The van der Waals surface area contributed by atoms with Gasteiger partial charge in [-0.15, -0.1) is 0 Å². The van der Waals surface area contributed by atoms with Gasteiger partial charge in [-0.3, -0.25) is 9.69 Å². The Morgan fingerprint density at radius 2 is 1.76 bits per heavy atom. The number of fused-ring (bicyclic) bond motifs is 1. The zero-order valence-electron chi connectivity index (χ0n) is 17.4. The third-order valence-corrected chi connectivity index (χ3v) is 5.65. The van der Waals surface area contributed by atoms with Gasteiger partial charge < -0.3 is 9.64 Å². The van der Waals surface area contributed by atoms with Gasteiger partial charge in [0.05, 0.1) is 28.5 Å². The smallest absolute Gasteiger partial charge is 0.338 e. The summed E-state index contributed by atoms with van der Waals surface area (Å²) < 4.78 is 5.90. The fourth-order valence-corrected chi connectivity index (χ4v) is 4.33. The van der Waals surface area contributed by atoms with Gasteiger partial charge in [-0.2, -0.15) is 0 Å². The van der Waals surface area contributed by atoms with E-state index in [9.17, 15) is 9.59 Å². The average Bonchev–Trinajstić information content (AvgIpc) is 3.11. The van der Waals surface area contributed by atoms with E-state index in [1.807, 2.05) is 32.8 Å². The molecule has 6 nitrogen and oxygen atoms in total. The first-order valence-electron chi connectivity index (χ1n) is 9.33. The topological polar surface area (TPSA) is 62.7 Å².